The molecular weight excluding hydrogens is 402 g/mol. The number of allylic oxidation sites excluding steroid dienone is 1. The molecule has 2 aromatic heterocycles. The Bertz CT molecular complexity index is 1060. The maximum atomic E-state index is 12.8. The van der Waals surface area contributed by atoms with E-state index in [1.54, 1.807) is 34.9 Å². The standard InChI is InChI=1S/C19H18ClN3O2S2/c1-3-8-23-18(25)15-10-14(4-2)27-17(15)22-19(23)26-11-16(24)21-13-7-5-6-12(20)9-13/h3,5-7,9-10H,1,4,8,11H2,2H3,(H,21,24). The number of aromatic nitrogens is 2. The molecule has 0 unspecified atom stereocenters. The summed E-state index contributed by atoms with van der Waals surface area (Å²) >= 11 is 8.67. The number of hydrogen-bond acceptors (Lipinski definition) is 5. The normalized spacial score (nSPS) is 10.9. The summed E-state index contributed by atoms with van der Waals surface area (Å²) in [4.78, 5) is 31.5. The van der Waals surface area contributed by atoms with Crippen LogP contribution in [0.5, 0.6) is 0 Å². The molecule has 0 aliphatic rings. The number of anilines is 1. The molecule has 140 valence electrons. The van der Waals surface area contributed by atoms with E-state index >= 15 is 0 Å². The highest BCUT2D eigenvalue weighted by Gasteiger charge is 2.15. The molecule has 0 radical (unpaired) electrons. The van der Waals surface area contributed by atoms with Crippen molar-refractivity contribution in [3.63, 3.8) is 0 Å². The molecule has 1 amide bonds. The summed E-state index contributed by atoms with van der Waals surface area (Å²) in [6, 6.07) is 8.86. The smallest absolute Gasteiger partial charge is 0.263 e. The fraction of sp³-hybridized carbons (Fsp3) is 0.211. The molecule has 27 heavy (non-hydrogen) atoms. The average molecular weight is 420 g/mol. The first-order chi connectivity index (χ1) is 13.0. The Labute approximate surface area is 170 Å². The Morgan fingerprint density at radius 1 is 1.44 bits per heavy atom. The van der Waals surface area contributed by atoms with Gasteiger partial charge in [-0.15, -0.1) is 17.9 Å². The second-order valence-electron chi connectivity index (χ2n) is 5.73. The molecule has 0 spiro atoms. The molecular formula is C19H18ClN3O2S2. The number of thiophene rings is 1. The molecule has 0 saturated carbocycles. The Balaban J connectivity index is 1.82. The number of carbonyl (C=O) groups excluding carboxylic acids is 1. The van der Waals surface area contributed by atoms with Crippen LogP contribution in [0.4, 0.5) is 5.69 Å². The summed E-state index contributed by atoms with van der Waals surface area (Å²) in [6.07, 6.45) is 2.50. The van der Waals surface area contributed by atoms with Gasteiger partial charge in [0.1, 0.15) is 4.83 Å². The van der Waals surface area contributed by atoms with Gasteiger partial charge in [-0.3, -0.25) is 14.2 Å². The summed E-state index contributed by atoms with van der Waals surface area (Å²) in [6.45, 7) is 6.10. The number of hydrogen-bond donors (Lipinski definition) is 1. The maximum absolute atomic E-state index is 12.8. The maximum Gasteiger partial charge on any atom is 0.263 e. The van der Waals surface area contributed by atoms with E-state index in [0.29, 0.717) is 32.6 Å². The molecule has 5 nitrogen and oxygen atoms in total. The number of thioether (sulfide) groups is 1. The number of rotatable bonds is 7. The second kappa shape index (κ2) is 8.73. The first kappa shape index (κ1) is 19.7. The molecule has 0 atom stereocenters. The number of fused-ring (bicyclic) bond motifs is 1. The molecule has 0 bridgehead atoms. The summed E-state index contributed by atoms with van der Waals surface area (Å²) in [5.74, 6) is -0.0599. The fourth-order valence-corrected chi connectivity index (χ4v) is 4.52. The minimum atomic E-state index is -0.192. The number of amides is 1. The SMILES string of the molecule is C=CCn1c(SCC(=O)Nc2cccc(Cl)c2)nc2sc(CC)cc2c1=O. The highest BCUT2D eigenvalue weighted by Crippen LogP contribution is 2.25. The number of halogens is 1. The molecule has 0 fully saturated rings. The van der Waals surface area contributed by atoms with Gasteiger partial charge >= 0.3 is 0 Å². The molecule has 1 N–H and O–H groups in total. The number of nitrogens with zero attached hydrogens (tertiary/aromatic N) is 2. The van der Waals surface area contributed by atoms with Crippen LogP contribution in [-0.2, 0) is 17.8 Å². The second-order valence-corrected chi connectivity index (χ2v) is 8.23. The van der Waals surface area contributed by atoms with Crippen molar-refractivity contribution in [3.8, 4) is 0 Å². The van der Waals surface area contributed by atoms with Gasteiger partial charge < -0.3 is 5.32 Å². The Morgan fingerprint density at radius 3 is 2.96 bits per heavy atom. The largest absolute Gasteiger partial charge is 0.325 e. The highest BCUT2D eigenvalue weighted by molar-refractivity contribution is 7.99. The third-order valence-electron chi connectivity index (χ3n) is 3.77. The average Bonchev–Trinajstić information content (AvgIpc) is 3.06. The van der Waals surface area contributed by atoms with Gasteiger partial charge in [-0.2, -0.15) is 0 Å². The number of aryl methyl sites for hydroxylation is 1. The molecule has 8 heteroatoms. The number of benzene rings is 1. The first-order valence-corrected chi connectivity index (χ1v) is 10.5. The predicted octanol–water partition coefficient (Wildman–Crippen LogP) is 4.59. The third-order valence-corrected chi connectivity index (χ3v) is 6.15. The van der Waals surface area contributed by atoms with Crippen LogP contribution in [0.2, 0.25) is 5.02 Å². The van der Waals surface area contributed by atoms with E-state index in [1.165, 1.54) is 23.1 Å². The van der Waals surface area contributed by atoms with Crippen LogP contribution in [0.15, 0.2) is 52.9 Å². The molecule has 0 saturated heterocycles. The summed E-state index contributed by atoms with van der Waals surface area (Å²) in [5, 5.41) is 4.47. The zero-order valence-electron chi connectivity index (χ0n) is 14.7. The summed E-state index contributed by atoms with van der Waals surface area (Å²) < 4.78 is 1.55. The van der Waals surface area contributed by atoms with Crippen molar-refractivity contribution in [1.29, 1.82) is 0 Å². The molecule has 3 aromatic rings. The van der Waals surface area contributed by atoms with E-state index in [1.807, 2.05) is 13.0 Å². The molecule has 0 aliphatic heterocycles. The van der Waals surface area contributed by atoms with Crippen molar-refractivity contribution < 1.29 is 4.79 Å². The van der Waals surface area contributed by atoms with Crippen molar-refractivity contribution in [2.45, 2.75) is 25.0 Å². The van der Waals surface area contributed by atoms with E-state index in [2.05, 4.69) is 16.9 Å². The topological polar surface area (TPSA) is 64.0 Å². The van der Waals surface area contributed by atoms with Crippen LogP contribution >= 0.6 is 34.7 Å². The Morgan fingerprint density at radius 2 is 2.26 bits per heavy atom. The van der Waals surface area contributed by atoms with Crippen LogP contribution in [0.3, 0.4) is 0 Å². The van der Waals surface area contributed by atoms with Gasteiger partial charge in [0.15, 0.2) is 5.16 Å². The van der Waals surface area contributed by atoms with E-state index < -0.39 is 0 Å². The van der Waals surface area contributed by atoms with Gasteiger partial charge in [0.2, 0.25) is 5.91 Å². The lowest BCUT2D eigenvalue weighted by atomic mass is 10.3. The van der Waals surface area contributed by atoms with Crippen LogP contribution in [0, 0.1) is 0 Å². The Hall–Kier alpha value is -2.09. The molecule has 1 aromatic carbocycles. The van der Waals surface area contributed by atoms with Crippen molar-refractivity contribution >= 4 is 56.5 Å². The van der Waals surface area contributed by atoms with Crippen LogP contribution < -0.4 is 10.9 Å². The van der Waals surface area contributed by atoms with Gasteiger partial charge in [0.25, 0.3) is 5.56 Å². The molecule has 3 rings (SSSR count). The number of carbonyl (C=O) groups is 1. The van der Waals surface area contributed by atoms with Crippen LogP contribution in [0.25, 0.3) is 10.2 Å². The number of nitrogens with one attached hydrogen (secondary N) is 1. The van der Waals surface area contributed by atoms with E-state index in [4.69, 9.17) is 11.6 Å². The fourth-order valence-electron chi connectivity index (χ4n) is 2.52. The lowest BCUT2D eigenvalue weighted by Gasteiger charge is -2.10. The van der Waals surface area contributed by atoms with Gasteiger partial charge in [-0.1, -0.05) is 42.4 Å². The van der Waals surface area contributed by atoms with Crippen molar-refractivity contribution in [1.82, 2.24) is 9.55 Å². The quantitative estimate of drug-likeness (QED) is 0.345. The van der Waals surface area contributed by atoms with Gasteiger partial charge in [0, 0.05) is 22.1 Å². The van der Waals surface area contributed by atoms with Crippen molar-refractivity contribution in [2.24, 2.45) is 0 Å². The minimum absolute atomic E-state index is 0.103. The van der Waals surface area contributed by atoms with Crippen molar-refractivity contribution in [2.75, 3.05) is 11.1 Å². The first-order valence-electron chi connectivity index (χ1n) is 8.34. The summed E-state index contributed by atoms with van der Waals surface area (Å²) in [5.41, 5.74) is 0.527. The zero-order chi connectivity index (χ0) is 19.4. The lowest BCUT2D eigenvalue weighted by Crippen LogP contribution is -2.23. The van der Waals surface area contributed by atoms with E-state index in [0.717, 1.165) is 11.3 Å². The third kappa shape index (κ3) is 4.61. The van der Waals surface area contributed by atoms with Crippen LogP contribution in [-0.4, -0.2) is 21.2 Å². The highest BCUT2D eigenvalue weighted by atomic mass is 35.5. The monoisotopic (exact) mass is 419 g/mol. The predicted molar refractivity (Wildman–Crippen MR) is 114 cm³/mol. The van der Waals surface area contributed by atoms with E-state index in [9.17, 15) is 9.59 Å². The van der Waals surface area contributed by atoms with Crippen LogP contribution in [0.1, 0.15) is 11.8 Å². The van der Waals surface area contributed by atoms with Crippen molar-refractivity contribution in [3.05, 3.63) is 63.2 Å². The van der Waals surface area contributed by atoms with E-state index in [-0.39, 0.29) is 17.2 Å². The molecule has 0 aliphatic carbocycles. The van der Waals surface area contributed by atoms with Gasteiger partial charge in [0.05, 0.1) is 11.1 Å². The lowest BCUT2D eigenvalue weighted by molar-refractivity contribution is -0.113. The van der Waals surface area contributed by atoms with Gasteiger partial charge in [-0.05, 0) is 30.7 Å². The van der Waals surface area contributed by atoms with Gasteiger partial charge in [-0.25, -0.2) is 4.98 Å². The molecule has 2 heterocycles. The zero-order valence-corrected chi connectivity index (χ0v) is 17.1. The minimum Gasteiger partial charge on any atom is -0.325 e. The summed E-state index contributed by atoms with van der Waals surface area (Å²) in [7, 11) is 0. The Kier molecular flexibility index (Phi) is 6.36.